The highest BCUT2D eigenvalue weighted by Crippen LogP contribution is 2.26. The zero-order valence-electron chi connectivity index (χ0n) is 16.5. The van der Waals surface area contributed by atoms with Gasteiger partial charge in [0.2, 0.25) is 0 Å². The molecule has 0 saturated heterocycles. The number of aromatic nitrogens is 2. The second-order valence-electron chi connectivity index (χ2n) is 6.55. The number of aromatic amines is 1. The minimum atomic E-state index is -4.90. The Hall–Kier alpha value is -3.86. The van der Waals surface area contributed by atoms with Crippen LogP contribution in [0.25, 0.3) is 0 Å². The number of benzene rings is 2. The summed E-state index contributed by atoms with van der Waals surface area (Å²) in [5.41, 5.74) is -1.09. The molecule has 0 unspecified atom stereocenters. The monoisotopic (exact) mass is 449 g/mol. The van der Waals surface area contributed by atoms with Crippen molar-refractivity contribution in [1.29, 1.82) is 0 Å². The van der Waals surface area contributed by atoms with Gasteiger partial charge in [-0.05, 0) is 11.6 Å². The van der Waals surface area contributed by atoms with E-state index >= 15 is 0 Å². The molecule has 32 heavy (non-hydrogen) atoms. The van der Waals surface area contributed by atoms with Crippen molar-refractivity contribution in [3.05, 3.63) is 98.3 Å². The van der Waals surface area contributed by atoms with Gasteiger partial charge in [0, 0.05) is 18.2 Å². The van der Waals surface area contributed by atoms with E-state index in [0.717, 1.165) is 22.3 Å². The summed E-state index contributed by atoms with van der Waals surface area (Å²) in [6, 6.07) is 15.2. The van der Waals surface area contributed by atoms with Crippen LogP contribution in [0.15, 0.2) is 70.3 Å². The van der Waals surface area contributed by atoms with Gasteiger partial charge >= 0.3 is 12.1 Å². The summed E-state index contributed by atoms with van der Waals surface area (Å²) in [6.07, 6.45) is -4.90. The van der Waals surface area contributed by atoms with Gasteiger partial charge in [-0.3, -0.25) is 19.1 Å². The summed E-state index contributed by atoms with van der Waals surface area (Å²) in [7, 11) is 0. The number of hydrogen-bond donors (Lipinski definition) is 2. The molecule has 1 heterocycles. The van der Waals surface area contributed by atoms with E-state index in [4.69, 9.17) is 4.74 Å². The van der Waals surface area contributed by atoms with E-state index in [0.29, 0.717) is 0 Å². The van der Waals surface area contributed by atoms with Crippen LogP contribution in [0.3, 0.4) is 0 Å². The Labute approximate surface area is 179 Å². The highest BCUT2D eigenvalue weighted by atomic mass is 19.4. The summed E-state index contributed by atoms with van der Waals surface area (Å²) < 4.78 is 48.0. The van der Waals surface area contributed by atoms with E-state index in [2.05, 4.69) is 10.1 Å². The van der Waals surface area contributed by atoms with Crippen molar-refractivity contribution < 1.29 is 27.4 Å². The average molecular weight is 449 g/mol. The van der Waals surface area contributed by atoms with Crippen LogP contribution < -0.4 is 21.3 Å². The van der Waals surface area contributed by atoms with E-state index in [1.165, 1.54) is 18.2 Å². The fourth-order valence-electron chi connectivity index (χ4n) is 2.81. The van der Waals surface area contributed by atoms with Crippen LogP contribution in [-0.2, 0) is 24.6 Å². The van der Waals surface area contributed by atoms with Gasteiger partial charge in [-0.1, -0.05) is 48.5 Å². The molecule has 168 valence electrons. The van der Waals surface area contributed by atoms with Crippen molar-refractivity contribution in [1.82, 2.24) is 14.9 Å². The summed E-state index contributed by atoms with van der Waals surface area (Å²) in [4.78, 5) is 38.6. The summed E-state index contributed by atoms with van der Waals surface area (Å²) >= 11 is 0. The van der Waals surface area contributed by atoms with Gasteiger partial charge in [-0.2, -0.15) is 0 Å². The molecule has 2 N–H and O–H groups in total. The molecule has 0 atom stereocenters. The number of nitrogens with zero attached hydrogens (tertiary/aromatic N) is 1. The van der Waals surface area contributed by atoms with Gasteiger partial charge in [0.05, 0.1) is 6.61 Å². The van der Waals surface area contributed by atoms with Crippen molar-refractivity contribution in [2.24, 2.45) is 0 Å². The number of para-hydroxylation sites is 1. The molecule has 0 spiro atoms. The first kappa shape index (κ1) is 22.8. The number of ether oxygens (including phenoxy) is 2. The average Bonchev–Trinajstić information content (AvgIpc) is 2.74. The van der Waals surface area contributed by atoms with E-state index in [1.54, 1.807) is 0 Å². The molecule has 0 bridgehead atoms. The molecule has 3 aromatic rings. The maximum absolute atomic E-state index is 12.6. The first-order valence-corrected chi connectivity index (χ1v) is 9.30. The minimum Gasteiger partial charge on any atom is -0.405 e. The first-order chi connectivity index (χ1) is 15.2. The Kier molecular flexibility index (Phi) is 7.11. The zero-order chi connectivity index (χ0) is 23.1. The van der Waals surface area contributed by atoms with Crippen molar-refractivity contribution in [2.75, 3.05) is 0 Å². The molecule has 1 aromatic heterocycles. The molecule has 0 fully saturated rings. The van der Waals surface area contributed by atoms with Crippen LogP contribution in [-0.4, -0.2) is 21.8 Å². The third kappa shape index (κ3) is 6.32. The molecule has 1 amide bonds. The van der Waals surface area contributed by atoms with Crippen molar-refractivity contribution in [3.63, 3.8) is 0 Å². The number of alkyl halides is 3. The molecule has 2 aromatic carbocycles. The van der Waals surface area contributed by atoms with Gasteiger partial charge in [-0.25, -0.2) is 4.79 Å². The van der Waals surface area contributed by atoms with Gasteiger partial charge in [0.1, 0.15) is 18.2 Å². The lowest BCUT2D eigenvalue weighted by Gasteiger charge is -2.15. The number of H-pyrrole nitrogens is 1. The van der Waals surface area contributed by atoms with Crippen LogP contribution in [0, 0.1) is 0 Å². The van der Waals surface area contributed by atoms with Crippen LogP contribution in [0.2, 0.25) is 0 Å². The fourth-order valence-corrected chi connectivity index (χ4v) is 2.81. The normalized spacial score (nSPS) is 11.2. The predicted octanol–water partition coefficient (Wildman–Crippen LogP) is 2.54. The first-order valence-electron chi connectivity index (χ1n) is 9.30. The third-order valence-electron chi connectivity index (χ3n) is 4.24. The van der Waals surface area contributed by atoms with Crippen LogP contribution >= 0.6 is 0 Å². The second-order valence-corrected chi connectivity index (χ2v) is 6.55. The Morgan fingerprint density at radius 2 is 1.72 bits per heavy atom. The number of hydrogen-bond acceptors (Lipinski definition) is 5. The SMILES string of the molecule is O=C(NCc1ccccc1OC(F)(F)F)c1cc(=O)[nH]c(=O)n1COCc1ccccc1. The molecule has 0 saturated carbocycles. The number of amides is 1. The molecule has 8 nitrogen and oxygen atoms in total. The van der Waals surface area contributed by atoms with Crippen LogP contribution in [0.4, 0.5) is 13.2 Å². The number of carbonyl (C=O) groups is 1. The van der Waals surface area contributed by atoms with Crippen molar-refractivity contribution in [2.45, 2.75) is 26.2 Å². The summed E-state index contributed by atoms with van der Waals surface area (Å²) in [6.45, 7) is -0.520. The highest BCUT2D eigenvalue weighted by Gasteiger charge is 2.32. The maximum Gasteiger partial charge on any atom is 0.573 e. The Morgan fingerprint density at radius 3 is 2.44 bits per heavy atom. The Balaban J connectivity index is 1.74. The van der Waals surface area contributed by atoms with E-state index in [1.807, 2.05) is 35.3 Å². The molecule has 3 rings (SSSR count). The quantitative estimate of drug-likeness (QED) is 0.550. The van der Waals surface area contributed by atoms with E-state index in [9.17, 15) is 27.6 Å². The molecular weight excluding hydrogens is 431 g/mol. The van der Waals surface area contributed by atoms with Crippen molar-refractivity contribution >= 4 is 5.91 Å². The van der Waals surface area contributed by atoms with Gasteiger partial charge in [0.15, 0.2) is 0 Å². The van der Waals surface area contributed by atoms with Gasteiger partial charge < -0.3 is 14.8 Å². The summed E-state index contributed by atoms with van der Waals surface area (Å²) in [5.74, 6) is -1.33. The highest BCUT2D eigenvalue weighted by molar-refractivity contribution is 5.92. The molecule has 0 aliphatic carbocycles. The third-order valence-corrected chi connectivity index (χ3v) is 4.24. The number of nitrogens with one attached hydrogen (secondary N) is 2. The van der Waals surface area contributed by atoms with Gasteiger partial charge in [-0.15, -0.1) is 13.2 Å². The zero-order valence-corrected chi connectivity index (χ0v) is 16.5. The standard InChI is InChI=1S/C21H18F3N3O5/c22-21(23,24)32-17-9-5-4-8-15(17)11-25-19(29)16-10-18(28)26-20(30)27(16)13-31-12-14-6-2-1-3-7-14/h1-10H,11-13H2,(H,25,29)(H,26,28,30). The largest absolute Gasteiger partial charge is 0.573 e. The molecule has 11 heteroatoms. The van der Waals surface area contributed by atoms with Gasteiger partial charge in [0.25, 0.3) is 11.5 Å². The molecule has 0 aliphatic heterocycles. The Bertz CT molecular complexity index is 1190. The van der Waals surface area contributed by atoms with E-state index < -0.39 is 29.3 Å². The lowest BCUT2D eigenvalue weighted by Crippen LogP contribution is -2.37. The molecule has 0 radical (unpaired) electrons. The van der Waals surface area contributed by atoms with Crippen LogP contribution in [0.5, 0.6) is 5.75 Å². The minimum absolute atomic E-state index is 0.0530. The number of halogens is 3. The number of carbonyl (C=O) groups excluding carboxylic acids is 1. The second kappa shape index (κ2) is 9.96. The Morgan fingerprint density at radius 1 is 1.03 bits per heavy atom. The number of rotatable bonds is 8. The smallest absolute Gasteiger partial charge is 0.405 e. The lowest BCUT2D eigenvalue weighted by molar-refractivity contribution is -0.274. The summed E-state index contributed by atoms with van der Waals surface area (Å²) in [5, 5.41) is 2.39. The predicted molar refractivity (Wildman–Crippen MR) is 107 cm³/mol. The molecule has 0 aliphatic rings. The fraction of sp³-hybridized carbons (Fsp3) is 0.190. The van der Waals surface area contributed by atoms with Crippen LogP contribution in [0.1, 0.15) is 21.6 Å². The molecular formula is C21H18F3N3O5. The van der Waals surface area contributed by atoms with Crippen molar-refractivity contribution in [3.8, 4) is 5.75 Å². The lowest BCUT2D eigenvalue weighted by atomic mass is 10.2. The topological polar surface area (TPSA) is 102 Å². The maximum atomic E-state index is 12.6. The van der Waals surface area contributed by atoms with E-state index in [-0.39, 0.29) is 31.1 Å².